The van der Waals surface area contributed by atoms with Crippen LogP contribution in [-0.2, 0) is 4.74 Å². The smallest absolute Gasteiger partial charge is 0.327 e. The molecule has 1 unspecified atom stereocenters. The third-order valence-electron chi connectivity index (χ3n) is 3.84. The number of benzene rings is 1. The van der Waals surface area contributed by atoms with Crippen molar-refractivity contribution in [3.8, 4) is 17.5 Å². The van der Waals surface area contributed by atoms with Gasteiger partial charge in [-0.2, -0.15) is 15.0 Å². The lowest BCUT2D eigenvalue weighted by Crippen LogP contribution is -2.25. The highest BCUT2D eigenvalue weighted by Gasteiger charge is 2.16. The Morgan fingerprint density at radius 1 is 1.26 bits per heavy atom. The van der Waals surface area contributed by atoms with Gasteiger partial charge >= 0.3 is 6.01 Å². The van der Waals surface area contributed by atoms with E-state index in [1.807, 2.05) is 19.1 Å². The number of hydrogen-bond acceptors (Lipinski definition) is 7. The van der Waals surface area contributed by atoms with Crippen molar-refractivity contribution in [1.82, 2.24) is 15.0 Å². The molecule has 1 heterocycles. The minimum atomic E-state index is 0.0979. The molecule has 27 heavy (non-hydrogen) atoms. The standard InChI is InChI=1S/C19H25BrN4O3/c1-7-14(10-25-5)23-18-21-12(4)22-19(24-18)27-17-15(20)8-13(11(2)3)9-16(17)26-6/h8-9,14H,2,7,10H2,1,3-6H3,(H,21,22,23,24). The van der Waals surface area contributed by atoms with Crippen LogP contribution in [0.3, 0.4) is 0 Å². The molecule has 0 saturated heterocycles. The van der Waals surface area contributed by atoms with E-state index in [1.54, 1.807) is 21.1 Å². The van der Waals surface area contributed by atoms with Gasteiger partial charge in [0.25, 0.3) is 0 Å². The van der Waals surface area contributed by atoms with Crippen molar-refractivity contribution in [2.45, 2.75) is 33.2 Å². The largest absolute Gasteiger partial charge is 0.493 e. The van der Waals surface area contributed by atoms with Gasteiger partial charge < -0.3 is 19.5 Å². The monoisotopic (exact) mass is 436 g/mol. The molecule has 1 N–H and O–H groups in total. The first kappa shape index (κ1) is 21.1. The fourth-order valence-corrected chi connectivity index (χ4v) is 2.89. The van der Waals surface area contributed by atoms with E-state index in [1.165, 1.54) is 0 Å². The molecule has 146 valence electrons. The summed E-state index contributed by atoms with van der Waals surface area (Å²) in [6.45, 7) is 10.3. The molecule has 0 aliphatic carbocycles. The van der Waals surface area contributed by atoms with E-state index in [0.29, 0.717) is 29.9 Å². The number of nitrogens with zero attached hydrogens (tertiary/aromatic N) is 3. The summed E-state index contributed by atoms with van der Waals surface area (Å²) in [5.41, 5.74) is 1.87. The highest BCUT2D eigenvalue weighted by Crippen LogP contribution is 2.40. The minimum absolute atomic E-state index is 0.0979. The zero-order valence-corrected chi connectivity index (χ0v) is 17.9. The van der Waals surface area contributed by atoms with Crippen molar-refractivity contribution in [2.75, 3.05) is 26.1 Å². The van der Waals surface area contributed by atoms with Gasteiger partial charge in [0.2, 0.25) is 5.95 Å². The Hall–Kier alpha value is -2.19. The molecule has 1 aromatic heterocycles. The van der Waals surface area contributed by atoms with Gasteiger partial charge in [0.15, 0.2) is 11.5 Å². The average molecular weight is 437 g/mol. The number of aromatic nitrogens is 3. The molecule has 2 aromatic rings. The van der Waals surface area contributed by atoms with E-state index in [-0.39, 0.29) is 12.1 Å². The van der Waals surface area contributed by atoms with Crippen molar-refractivity contribution < 1.29 is 14.2 Å². The molecule has 0 fully saturated rings. The quantitative estimate of drug-likeness (QED) is 0.614. The number of allylic oxidation sites excluding steroid dienone is 1. The zero-order chi connectivity index (χ0) is 20.0. The van der Waals surface area contributed by atoms with Crippen molar-refractivity contribution in [3.63, 3.8) is 0 Å². The van der Waals surface area contributed by atoms with Crippen LogP contribution in [0.4, 0.5) is 5.95 Å². The maximum atomic E-state index is 5.93. The molecule has 0 aliphatic heterocycles. The molecule has 0 bridgehead atoms. The molecule has 8 heteroatoms. The van der Waals surface area contributed by atoms with Gasteiger partial charge in [-0.25, -0.2) is 0 Å². The molecular weight excluding hydrogens is 412 g/mol. The molecule has 1 atom stereocenters. The van der Waals surface area contributed by atoms with Crippen LogP contribution in [0.1, 0.15) is 31.7 Å². The van der Waals surface area contributed by atoms with Gasteiger partial charge in [0.05, 0.1) is 24.2 Å². The molecular formula is C19H25BrN4O3. The summed E-state index contributed by atoms with van der Waals surface area (Å²) in [6, 6.07) is 4.06. The normalized spacial score (nSPS) is 11.8. The predicted octanol–water partition coefficient (Wildman–Crippen LogP) is 4.61. The van der Waals surface area contributed by atoms with Gasteiger partial charge in [-0.15, -0.1) is 0 Å². The molecule has 0 aliphatic rings. The van der Waals surface area contributed by atoms with Crippen LogP contribution in [0.2, 0.25) is 0 Å². The SMILES string of the molecule is C=C(C)c1cc(Br)c(Oc2nc(C)nc(NC(CC)COC)n2)c(OC)c1. The first-order chi connectivity index (χ1) is 12.9. The van der Waals surface area contributed by atoms with Crippen molar-refractivity contribution in [1.29, 1.82) is 0 Å². The Morgan fingerprint density at radius 2 is 2.00 bits per heavy atom. The highest BCUT2D eigenvalue weighted by molar-refractivity contribution is 9.10. The van der Waals surface area contributed by atoms with Crippen LogP contribution in [-0.4, -0.2) is 41.8 Å². The van der Waals surface area contributed by atoms with Gasteiger partial charge in [-0.3, -0.25) is 0 Å². The van der Waals surface area contributed by atoms with Crippen molar-refractivity contribution in [2.24, 2.45) is 0 Å². The Balaban J connectivity index is 2.33. The first-order valence-corrected chi connectivity index (χ1v) is 9.36. The second-order valence-corrected chi connectivity index (χ2v) is 6.92. The maximum absolute atomic E-state index is 5.93. The lowest BCUT2D eigenvalue weighted by molar-refractivity contribution is 0.184. The average Bonchev–Trinajstić information content (AvgIpc) is 2.62. The van der Waals surface area contributed by atoms with E-state index in [9.17, 15) is 0 Å². The second-order valence-electron chi connectivity index (χ2n) is 6.07. The topological polar surface area (TPSA) is 78.4 Å². The van der Waals surface area contributed by atoms with Crippen LogP contribution in [0.5, 0.6) is 17.5 Å². The highest BCUT2D eigenvalue weighted by atomic mass is 79.9. The molecule has 0 saturated carbocycles. The summed E-state index contributed by atoms with van der Waals surface area (Å²) in [4.78, 5) is 13.0. The number of rotatable bonds is 9. The Labute approximate surface area is 168 Å². The number of nitrogens with one attached hydrogen (secondary N) is 1. The van der Waals surface area contributed by atoms with Crippen molar-refractivity contribution in [3.05, 3.63) is 34.6 Å². The summed E-state index contributed by atoms with van der Waals surface area (Å²) >= 11 is 3.52. The molecule has 0 radical (unpaired) electrons. The van der Waals surface area contributed by atoms with Crippen LogP contribution in [0, 0.1) is 6.92 Å². The number of ether oxygens (including phenoxy) is 3. The van der Waals surface area contributed by atoms with Gasteiger partial charge in [0, 0.05) is 7.11 Å². The number of anilines is 1. The molecule has 0 spiro atoms. The second kappa shape index (κ2) is 9.66. The van der Waals surface area contributed by atoms with Crippen LogP contribution >= 0.6 is 15.9 Å². The van der Waals surface area contributed by atoms with Crippen molar-refractivity contribution >= 4 is 27.5 Å². The van der Waals surface area contributed by atoms with E-state index in [4.69, 9.17) is 14.2 Å². The van der Waals surface area contributed by atoms with Crippen LogP contribution in [0.25, 0.3) is 5.57 Å². The Morgan fingerprint density at radius 3 is 2.59 bits per heavy atom. The fourth-order valence-electron chi connectivity index (χ4n) is 2.37. The summed E-state index contributed by atoms with van der Waals surface area (Å²) in [6.07, 6.45) is 0.872. The summed E-state index contributed by atoms with van der Waals surface area (Å²) in [5.74, 6) is 2.03. The summed E-state index contributed by atoms with van der Waals surface area (Å²) in [7, 11) is 3.25. The lowest BCUT2D eigenvalue weighted by atomic mass is 10.1. The number of hydrogen-bond donors (Lipinski definition) is 1. The maximum Gasteiger partial charge on any atom is 0.327 e. The Kier molecular flexibility index (Phi) is 7.55. The summed E-state index contributed by atoms with van der Waals surface area (Å²) in [5, 5.41) is 3.24. The molecule has 0 amide bonds. The third kappa shape index (κ3) is 5.64. The number of methoxy groups -OCH3 is 2. The molecule has 1 aromatic carbocycles. The molecule has 2 rings (SSSR count). The predicted molar refractivity (Wildman–Crippen MR) is 110 cm³/mol. The zero-order valence-electron chi connectivity index (χ0n) is 16.3. The first-order valence-electron chi connectivity index (χ1n) is 8.57. The van der Waals surface area contributed by atoms with Crippen LogP contribution in [0.15, 0.2) is 23.2 Å². The van der Waals surface area contributed by atoms with Crippen LogP contribution < -0.4 is 14.8 Å². The fraction of sp³-hybridized carbons (Fsp3) is 0.421. The van der Waals surface area contributed by atoms with E-state index in [2.05, 4.69) is 49.7 Å². The van der Waals surface area contributed by atoms with Gasteiger partial charge in [0.1, 0.15) is 5.82 Å². The minimum Gasteiger partial charge on any atom is -0.493 e. The van der Waals surface area contributed by atoms with Gasteiger partial charge in [-0.1, -0.05) is 19.1 Å². The van der Waals surface area contributed by atoms with E-state index < -0.39 is 0 Å². The lowest BCUT2D eigenvalue weighted by Gasteiger charge is -2.17. The summed E-state index contributed by atoms with van der Waals surface area (Å²) < 4.78 is 17.3. The van der Waals surface area contributed by atoms with E-state index in [0.717, 1.165) is 22.0 Å². The molecule has 7 nitrogen and oxygen atoms in total. The number of halogens is 1. The van der Waals surface area contributed by atoms with E-state index >= 15 is 0 Å². The van der Waals surface area contributed by atoms with Gasteiger partial charge in [-0.05, 0) is 53.9 Å². The number of aryl methyl sites for hydroxylation is 1. The third-order valence-corrected chi connectivity index (χ3v) is 4.43. The Bertz CT molecular complexity index is 814.